The summed E-state index contributed by atoms with van der Waals surface area (Å²) < 4.78 is 0. The summed E-state index contributed by atoms with van der Waals surface area (Å²) in [5, 5.41) is 0. The number of hydrogen-bond acceptors (Lipinski definition) is 4. The van der Waals surface area contributed by atoms with Gasteiger partial charge in [0.1, 0.15) is 13.5 Å². The molecule has 0 unspecified atom stereocenters. The molecule has 0 amide bonds. The Hall–Kier alpha value is -1.62. The molecule has 2 rings (SSSR count). The number of hydrogen-bond donors (Lipinski definition) is 1. The van der Waals surface area contributed by atoms with Crippen LogP contribution in [0.5, 0.6) is 0 Å². The van der Waals surface area contributed by atoms with Gasteiger partial charge >= 0.3 is 0 Å². The number of nitrogens with one attached hydrogen (secondary N) is 1. The molecule has 18 heavy (non-hydrogen) atoms. The van der Waals surface area contributed by atoms with Crippen LogP contribution in [0.1, 0.15) is 12.6 Å². The molecule has 0 saturated heterocycles. The van der Waals surface area contributed by atoms with Crippen molar-refractivity contribution in [3.63, 3.8) is 0 Å². The van der Waals surface area contributed by atoms with Crippen molar-refractivity contribution < 1.29 is 4.84 Å². The summed E-state index contributed by atoms with van der Waals surface area (Å²) in [6, 6.07) is 1.90. The van der Waals surface area contributed by atoms with Crippen molar-refractivity contribution >= 4 is 30.8 Å². The van der Waals surface area contributed by atoms with E-state index in [4.69, 9.17) is 12.7 Å². The zero-order valence-corrected chi connectivity index (χ0v) is 11.0. The molecule has 0 fully saturated rings. The van der Waals surface area contributed by atoms with Gasteiger partial charge in [0.25, 0.3) is 0 Å². The number of aromatic nitrogens is 1. The molecule has 1 aromatic heterocycles. The summed E-state index contributed by atoms with van der Waals surface area (Å²) in [5.41, 5.74) is 5.56. The van der Waals surface area contributed by atoms with E-state index in [1.807, 2.05) is 12.1 Å². The number of allylic oxidation sites excluding steroid dienone is 1. The molecule has 0 spiro atoms. The lowest BCUT2D eigenvalue weighted by Crippen LogP contribution is -2.19. The first-order valence-corrected chi connectivity index (χ1v) is 6.51. The van der Waals surface area contributed by atoms with Gasteiger partial charge in [0.2, 0.25) is 0 Å². The lowest BCUT2D eigenvalue weighted by molar-refractivity contribution is 0.185. The lowest BCUT2D eigenvalue weighted by Gasteiger charge is -2.20. The van der Waals surface area contributed by atoms with E-state index in [0.717, 1.165) is 21.9 Å². The first kappa shape index (κ1) is 12.8. The number of nitrogens with zero attached hydrogens (tertiary/aromatic N) is 1. The largest absolute Gasteiger partial charge is 0.380 e. The third-order valence-electron chi connectivity index (χ3n) is 2.38. The highest BCUT2D eigenvalue weighted by atomic mass is 32.2. The van der Waals surface area contributed by atoms with Gasteiger partial charge in [-0.1, -0.05) is 31.6 Å². The zero-order valence-electron chi connectivity index (χ0n) is 10.2. The van der Waals surface area contributed by atoms with E-state index in [0.29, 0.717) is 16.9 Å². The molecule has 1 N–H and O–H groups in total. The number of hydroxylamine groups is 1. The number of pyridine rings is 1. The van der Waals surface area contributed by atoms with Crippen molar-refractivity contribution in [3.05, 3.63) is 48.5 Å². The topological polar surface area (TPSA) is 34.2 Å². The highest BCUT2D eigenvalue weighted by Gasteiger charge is 2.17. The van der Waals surface area contributed by atoms with Crippen molar-refractivity contribution in [1.29, 1.82) is 0 Å². The summed E-state index contributed by atoms with van der Waals surface area (Å²) in [5.74, 6) is 1.57. The van der Waals surface area contributed by atoms with Gasteiger partial charge in [-0.3, -0.25) is 4.98 Å². The Kier molecular flexibility index (Phi) is 3.82. The van der Waals surface area contributed by atoms with E-state index >= 15 is 0 Å². The number of rotatable bonds is 3. The van der Waals surface area contributed by atoms with Crippen LogP contribution in [-0.4, -0.2) is 18.6 Å². The number of thioether (sulfide) groups is 1. The van der Waals surface area contributed by atoms with Crippen LogP contribution in [-0.2, 0) is 4.84 Å². The Morgan fingerprint density at radius 2 is 2.28 bits per heavy atom. The van der Waals surface area contributed by atoms with Crippen molar-refractivity contribution in [1.82, 2.24) is 10.5 Å². The minimum absolute atomic E-state index is 0.628. The molecule has 2 radical (unpaired) electrons. The van der Waals surface area contributed by atoms with E-state index in [1.165, 1.54) is 0 Å². The smallest absolute Gasteiger partial charge is 0.182 e. The third kappa shape index (κ3) is 2.62. The van der Waals surface area contributed by atoms with Crippen LogP contribution < -0.4 is 10.9 Å². The standard InChI is InChI=1S/C13H13BN2OS/c1-4-18-12-6-10(14)7-15-13(12)11-5-8(2)9(3)16-17-11/h5-7,16H,2-4H2,1H3. The fraction of sp³-hybridized carbons (Fsp3) is 0.154. The van der Waals surface area contributed by atoms with Crippen molar-refractivity contribution in [2.24, 2.45) is 0 Å². The molecule has 0 aromatic carbocycles. The third-order valence-corrected chi connectivity index (χ3v) is 3.30. The van der Waals surface area contributed by atoms with Gasteiger partial charge in [0.05, 0.1) is 5.70 Å². The average Bonchev–Trinajstić information content (AvgIpc) is 2.34. The molecular formula is C13H13BN2OS. The van der Waals surface area contributed by atoms with E-state index < -0.39 is 0 Å². The fourth-order valence-electron chi connectivity index (χ4n) is 1.48. The zero-order chi connectivity index (χ0) is 13.1. The summed E-state index contributed by atoms with van der Waals surface area (Å²) >= 11 is 1.67. The molecule has 0 atom stereocenters. The van der Waals surface area contributed by atoms with E-state index in [-0.39, 0.29) is 0 Å². The Morgan fingerprint density at radius 3 is 2.94 bits per heavy atom. The van der Waals surface area contributed by atoms with Crippen molar-refractivity contribution in [2.45, 2.75) is 11.8 Å². The summed E-state index contributed by atoms with van der Waals surface area (Å²) in [4.78, 5) is 10.7. The Labute approximate surface area is 112 Å². The molecule has 2 heterocycles. The van der Waals surface area contributed by atoms with Crippen molar-refractivity contribution in [2.75, 3.05) is 5.75 Å². The second-order valence-electron chi connectivity index (χ2n) is 3.76. The minimum atomic E-state index is 0.628. The van der Waals surface area contributed by atoms with E-state index in [1.54, 1.807) is 18.0 Å². The Morgan fingerprint density at radius 1 is 1.50 bits per heavy atom. The monoisotopic (exact) mass is 256 g/mol. The maximum absolute atomic E-state index is 5.75. The normalized spacial score (nSPS) is 14.8. The van der Waals surface area contributed by atoms with E-state index in [2.05, 4.69) is 30.5 Å². The minimum Gasteiger partial charge on any atom is -0.380 e. The van der Waals surface area contributed by atoms with Gasteiger partial charge in [-0.05, 0) is 17.4 Å². The molecule has 0 bridgehead atoms. The molecule has 1 aromatic rings. The first-order chi connectivity index (χ1) is 8.61. The van der Waals surface area contributed by atoms with Crippen LogP contribution in [0.15, 0.2) is 47.7 Å². The highest BCUT2D eigenvalue weighted by molar-refractivity contribution is 7.99. The lowest BCUT2D eigenvalue weighted by atomic mass is 9.98. The molecular weight excluding hydrogens is 243 g/mol. The molecule has 5 heteroatoms. The second kappa shape index (κ2) is 5.35. The highest BCUT2D eigenvalue weighted by Crippen LogP contribution is 2.29. The van der Waals surface area contributed by atoms with Gasteiger partial charge < -0.3 is 4.84 Å². The van der Waals surface area contributed by atoms with Gasteiger partial charge in [0, 0.05) is 11.1 Å². The van der Waals surface area contributed by atoms with Crippen LogP contribution in [0.3, 0.4) is 0 Å². The maximum atomic E-state index is 5.75. The summed E-state index contributed by atoms with van der Waals surface area (Å²) in [6.07, 6.45) is 3.43. The summed E-state index contributed by atoms with van der Waals surface area (Å²) in [7, 11) is 5.75. The van der Waals surface area contributed by atoms with Crippen LogP contribution in [0.4, 0.5) is 0 Å². The van der Waals surface area contributed by atoms with Gasteiger partial charge in [0.15, 0.2) is 5.76 Å². The van der Waals surface area contributed by atoms with Gasteiger partial charge in [-0.25, -0.2) is 5.48 Å². The van der Waals surface area contributed by atoms with Crippen LogP contribution in [0.25, 0.3) is 5.76 Å². The molecule has 0 aliphatic carbocycles. The Bertz CT molecular complexity index is 540. The summed E-state index contributed by atoms with van der Waals surface area (Å²) in [6.45, 7) is 9.73. The van der Waals surface area contributed by atoms with Crippen LogP contribution >= 0.6 is 11.8 Å². The van der Waals surface area contributed by atoms with Gasteiger partial charge in [-0.15, -0.1) is 11.8 Å². The van der Waals surface area contributed by atoms with Crippen LogP contribution in [0.2, 0.25) is 0 Å². The SMILES string of the molecule is [B]c1cnc(C2=CC(=C)C(=C)NO2)c(SCC)c1. The fourth-order valence-corrected chi connectivity index (χ4v) is 2.30. The molecule has 3 nitrogen and oxygen atoms in total. The molecule has 1 aliphatic rings. The quantitative estimate of drug-likeness (QED) is 0.662. The molecule has 90 valence electrons. The first-order valence-electron chi connectivity index (χ1n) is 5.53. The van der Waals surface area contributed by atoms with Crippen molar-refractivity contribution in [3.8, 4) is 0 Å². The average molecular weight is 256 g/mol. The molecule has 1 aliphatic heterocycles. The van der Waals surface area contributed by atoms with E-state index in [9.17, 15) is 0 Å². The predicted molar refractivity (Wildman–Crippen MR) is 76.5 cm³/mol. The predicted octanol–water partition coefficient (Wildman–Crippen LogP) is 1.93. The maximum Gasteiger partial charge on any atom is 0.182 e. The Balaban J connectivity index is 2.41. The molecule has 0 saturated carbocycles. The second-order valence-corrected chi connectivity index (χ2v) is 5.07. The van der Waals surface area contributed by atoms with Crippen LogP contribution in [0, 0.1) is 0 Å². The van der Waals surface area contributed by atoms with Gasteiger partial charge in [-0.2, -0.15) is 0 Å².